The lowest BCUT2D eigenvalue weighted by atomic mass is 10.1. The topological polar surface area (TPSA) is 52.6 Å². The minimum absolute atomic E-state index is 0.0195. The predicted molar refractivity (Wildman–Crippen MR) is 89.1 cm³/mol. The molecule has 2 aromatic rings. The second kappa shape index (κ2) is 7.68. The van der Waals surface area contributed by atoms with Crippen molar-refractivity contribution < 1.29 is 19.1 Å². The van der Waals surface area contributed by atoms with Gasteiger partial charge in [-0.25, -0.2) is 4.79 Å². The molecule has 0 atom stereocenters. The highest BCUT2D eigenvalue weighted by Crippen LogP contribution is 2.32. The molecule has 0 amide bonds. The van der Waals surface area contributed by atoms with Gasteiger partial charge < -0.3 is 9.47 Å². The summed E-state index contributed by atoms with van der Waals surface area (Å²) < 4.78 is 10.1. The average molecular weight is 374 g/mol. The quantitative estimate of drug-likeness (QED) is 0.433. The Bertz CT molecular complexity index is 759. The molecular weight excluding hydrogens is 363 g/mol. The van der Waals surface area contributed by atoms with Crippen molar-refractivity contribution in [1.29, 1.82) is 0 Å². The first kappa shape index (κ1) is 17.6. The van der Waals surface area contributed by atoms with E-state index in [2.05, 4.69) is 0 Å². The molecular formula is C16H11Cl3O4. The van der Waals surface area contributed by atoms with Crippen LogP contribution in [0, 0.1) is 0 Å². The lowest BCUT2D eigenvalue weighted by molar-refractivity contribution is 0.0474. The Hall–Kier alpha value is -1.75. The van der Waals surface area contributed by atoms with Gasteiger partial charge in [-0.2, -0.15) is 0 Å². The van der Waals surface area contributed by atoms with E-state index in [0.29, 0.717) is 11.3 Å². The van der Waals surface area contributed by atoms with Crippen LogP contribution in [0.2, 0.25) is 15.1 Å². The molecule has 120 valence electrons. The SMILES string of the molecule is COc1ccccc1C(=O)COC(=O)c1c(Cl)ccc(Cl)c1Cl. The van der Waals surface area contributed by atoms with Crippen molar-refractivity contribution in [2.45, 2.75) is 0 Å². The van der Waals surface area contributed by atoms with Crippen LogP contribution < -0.4 is 4.74 Å². The lowest BCUT2D eigenvalue weighted by Crippen LogP contribution is -2.15. The summed E-state index contributed by atoms with van der Waals surface area (Å²) in [5, 5.41) is 0.238. The fourth-order valence-corrected chi connectivity index (χ4v) is 2.55. The van der Waals surface area contributed by atoms with Gasteiger partial charge in [0.1, 0.15) is 5.75 Å². The highest BCUT2D eigenvalue weighted by molar-refractivity contribution is 6.46. The highest BCUT2D eigenvalue weighted by atomic mass is 35.5. The summed E-state index contributed by atoms with van der Waals surface area (Å²) in [6.45, 7) is -0.474. The fourth-order valence-electron chi connectivity index (χ4n) is 1.87. The van der Waals surface area contributed by atoms with E-state index in [1.807, 2.05) is 0 Å². The molecule has 4 nitrogen and oxygen atoms in total. The van der Waals surface area contributed by atoms with E-state index in [-0.39, 0.29) is 20.6 Å². The number of rotatable bonds is 5. The first-order chi connectivity index (χ1) is 11.0. The maximum atomic E-state index is 12.1. The summed E-state index contributed by atoms with van der Waals surface area (Å²) in [6, 6.07) is 9.51. The van der Waals surface area contributed by atoms with Crippen LogP contribution in [-0.4, -0.2) is 25.5 Å². The second-order valence-corrected chi connectivity index (χ2v) is 5.61. The molecule has 0 aromatic heterocycles. The van der Waals surface area contributed by atoms with Crippen LogP contribution in [-0.2, 0) is 4.74 Å². The number of halogens is 3. The van der Waals surface area contributed by atoms with E-state index in [9.17, 15) is 9.59 Å². The Morgan fingerprint density at radius 3 is 2.35 bits per heavy atom. The van der Waals surface area contributed by atoms with E-state index in [4.69, 9.17) is 44.3 Å². The number of methoxy groups -OCH3 is 1. The number of ether oxygens (including phenoxy) is 2. The molecule has 7 heteroatoms. The Balaban J connectivity index is 2.14. The zero-order valence-electron chi connectivity index (χ0n) is 11.9. The van der Waals surface area contributed by atoms with Crippen LogP contribution >= 0.6 is 34.8 Å². The smallest absolute Gasteiger partial charge is 0.341 e. The van der Waals surface area contributed by atoms with Gasteiger partial charge in [0.2, 0.25) is 5.78 Å². The third-order valence-corrected chi connectivity index (χ3v) is 4.11. The average Bonchev–Trinajstić information content (AvgIpc) is 2.56. The lowest BCUT2D eigenvalue weighted by Gasteiger charge is -2.10. The molecule has 0 N–H and O–H groups in total. The van der Waals surface area contributed by atoms with Crippen molar-refractivity contribution in [1.82, 2.24) is 0 Å². The van der Waals surface area contributed by atoms with E-state index < -0.39 is 18.4 Å². The summed E-state index contributed by atoms with van der Waals surface area (Å²) >= 11 is 17.7. The monoisotopic (exact) mass is 372 g/mol. The van der Waals surface area contributed by atoms with Gasteiger partial charge in [0, 0.05) is 0 Å². The van der Waals surface area contributed by atoms with Crippen LogP contribution in [0.5, 0.6) is 5.75 Å². The summed E-state index contributed by atoms with van der Waals surface area (Å²) in [4.78, 5) is 24.2. The summed E-state index contributed by atoms with van der Waals surface area (Å²) in [6.07, 6.45) is 0. The number of benzene rings is 2. The third-order valence-electron chi connectivity index (χ3n) is 2.99. The molecule has 0 heterocycles. The van der Waals surface area contributed by atoms with Crippen molar-refractivity contribution in [2.24, 2.45) is 0 Å². The molecule has 0 unspecified atom stereocenters. The molecule has 0 spiro atoms. The van der Waals surface area contributed by atoms with Crippen LogP contribution in [0.1, 0.15) is 20.7 Å². The van der Waals surface area contributed by atoms with E-state index in [0.717, 1.165) is 0 Å². The molecule has 0 bridgehead atoms. The van der Waals surface area contributed by atoms with Crippen molar-refractivity contribution >= 4 is 46.6 Å². The zero-order valence-corrected chi connectivity index (χ0v) is 14.2. The Labute approximate surface area is 147 Å². The molecule has 0 saturated heterocycles. The van der Waals surface area contributed by atoms with Crippen LogP contribution in [0.4, 0.5) is 0 Å². The molecule has 23 heavy (non-hydrogen) atoms. The zero-order chi connectivity index (χ0) is 17.0. The first-order valence-corrected chi connectivity index (χ1v) is 7.56. The largest absolute Gasteiger partial charge is 0.496 e. The van der Waals surface area contributed by atoms with Gasteiger partial charge >= 0.3 is 5.97 Å². The van der Waals surface area contributed by atoms with Crippen molar-refractivity contribution in [3.8, 4) is 5.75 Å². The number of Topliss-reactive ketones (excluding diaryl/α,β-unsaturated/α-hetero) is 1. The number of ketones is 1. The number of hydrogen-bond acceptors (Lipinski definition) is 4. The second-order valence-electron chi connectivity index (χ2n) is 4.42. The van der Waals surface area contributed by atoms with Gasteiger partial charge in [-0.3, -0.25) is 4.79 Å². The maximum Gasteiger partial charge on any atom is 0.341 e. The van der Waals surface area contributed by atoms with Crippen molar-refractivity contribution in [2.75, 3.05) is 13.7 Å². The number of carbonyl (C=O) groups is 2. The summed E-state index contributed by atoms with van der Waals surface area (Å²) in [5.41, 5.74) is 0.236. The minimum atomic E-state index is -0.828. The van der Waals surface area contributed by atoms with Crippen LogP contribution in [0.3, 0.4) is 0 Å². The first-order valence-electron chi connectivity index (χ1n) is 6.42. The van der Waals surface area contributed by atoms with Gasteiger partial charge in [-0.05, 0) is 24.3 Å². The highest BCUT2D eigenvalue weighted by Gasteiger charge is 2.21. The Kier molecular flexibility index (Phi) is 5.88. The molecule has 0 aliphatic rings. The fraction of sp³-hybridized carbons (Fsp3) is 0.125. The molecule has 0 saturated carbocycles. The van der Waals surface area contributed by atoms with E-state index >= 15 is 0 Å². The van der Waals surface area contributed by atoms with Crippen molar-refractivity contribution in [3.05, 3.63) is 62.6 Å². The normalized spacial score (nSPS) is 10.3. The molecule has 2 rings (SSSR count). The standard InChI is InChI=1S/C16H11Cl3O4/c1-22-13-5-3-2-4-9(13)12(20)8-23-16(21)14-10(17)6-7-11(18)15(14)19/h2-7H,8H2,1H3. The van der Waals surface area contributed by atoms with E-state index in [1.165, 1.54) is 19.2 Å². The van der Waals surface area contributed by atoms with Crippen LogP contribution in [0.15, 0.2) is 36.4 Å². The summed E-state index contributed by atoms with van der Waals surface area (Å²) in [5.74, 6) is -0.844. The number of esters is 1. The Morgan fingerprint density at radius 1 is 1.00 bits per heavy atom. The Morgan fingerprint density at radius 2 is 1.65 bits per heavy atom. The molecule has 0 fully saturated rings. The third kappa shape index (κ3) is 3.96. The summed E-state index contributed by atoms with van der Waals surface area (Å²) in [7, 11) is 1.45. The van der Waals surface area contributed by atoms with Gasteiger partial charge in [0.25, 0.3) is 0 Å². The molecule has 0 aliphatic carbocycles. The van der Waals surface area contributed by atoms with Gasteiger partial charge in [-0.15, -0.1) is 0 Å². The number of para-hydroxylation sites is 1. The van der Waals surface area contributed by atoms with Crippen LogP contribution in [0.25, 0.3) is 0 Å². The molecule has 2 aromatic carbocycles. The maximum absolute atomic E-state index is 12.1. The molecule has 0 radical (unpaired) electrons. The van der Waals surface area contributed by atoms with Crippen molar-refractivity contribution in [3.63, 3.8) is 0 Å². The van der Waals surface area contributed by atoms with E-state index in [1.54, 1.807) is 24.3 Å². The predicted octanol–water partition coefficient (Wildman–Crippen LogP) is 4.70. The number of hydrogen-bond donors (Lipinski definition) is 0. The van der Waals surface area contributed by atoms with Gasteiger partial charge in [0.05, 0.1) is 33.3 Å². The molecule has 0 aliphatic heterocycles. The minimum Gasteiger partial charge on any atom is -0.496 e. The number of carbonyl (C=O) groups excluding carboxylic acids is 2. The van der Waals surface area contributed by atoms with Gasteiger partial charge in [0.15, 0.2) is 6.61 Å². The van der Waals surface area contributed by atoms with Gasteiger partial charge in [-0.1, -0.05) is 46.9 Å².